The number of nitrogens with zero attached hydrogens (tertiary/aromatic N) is 5. The molecule has 2 aromatic heterocycles. The van der Waals surface area contributed by atoms with Crippen molar-refractivity contribution < 1.29 is 13.6 Å². The highest BCUT2D eigenvalue weighted by atomic mass is 19.3. The number of allylic oxidation sites excluding steroid dienone is 2. The number of likely N-dealkylation sites (tertiary alicyclic amines) is 1. The number of hydrogen-bond acceptors (Lipinski definition) is 4. The highest BCUT2D eigenvalue weighted by Gasteiger charge is 2.43. The molecule has 2 aliphatic rings. The Labute approximate surface area is 172 Å². The standard InChI is InChI=1S/C22H21F2N5O/c1-13-5-16(15-3-4-15)8-17(6-13)20(30)28-10-18(9-22(23,24)11-28)19-7-14(2)27-21-25-12-26-29(19)21/h3,5-8,12,18H,4,9-11H2,1-2H3. The van der Waals surface area contributed by atoms with Gasteiger partial charge in [-0.3, -0.25) is 4.79 Å². The van der Waals surface area contributed by atoms with E-state index in [-0.39, 0.29) is 18.9 Å². The fourth-order valence-electron chi connectivity index (χ4n) is 4.26. The predicted octanol–water partition coefficient (Wildman–Crippen LogP) is 3.79. The molecule has 1 amide bonds. The van der Waals surface area contributed by atoms with Gasteiger partial charge in [-0.05, 0) is 55.2 Å². The fraction of sp³-hybridized carbons (Fsp3) is 0.364. The van der Waals surface area contributed by atoms with Crippen LogP contribution in [0.15, 0.2) is 36.7 Å². The van der Waals surface area contributed by atoms with Crippen LogP contribution in [-0.2, 0) is 0 Å². The Bertz CT molecular complexity index is 1200. The number of carbonyl (C=O) groups excluding carboxylic acids is 1. The van der Waals surface area contributed by atoms with Crippen LogP contribution in [0.2, 0.25) is 0 Å². The van der Waals surface area contributed by atoms with Crippen LogP contribution in [0.3, 0.4) is 0 Å². The molecule has 1 saturated heterocycles. The molecule has 0 spiro atoms. The molecule has 30 heavy (non-hydrogen) atoms. The second-order valence-electron chi connectivity index (χ2n) is 8.26. The Morgan fingerprint density at radius 2 is 2.00 bits per heavy atom. The smallest absolute Gasteiger partial charge is 0.266 e. The van der Waals surface area contributed by atoms with E-state index < -0.39 is 18.4 Å². The minimum Gasteiger partial charge on any atom is -0.332 e. The third-order valence-corrected chi connectivity index (χ3v) is 5.62. The average Bonchev–Trinajstić information content (AvgIpc) is 3.43. The molecule has 0 N–H and O–H groups in total. The van der Waals surface area contributed by atoms with Crippen molar-refractivity contribution in [3.63, 3.8) is 0 Å². The maximum Gasteiger partial charge on any atom is 0.266 e. The summed E-state index contributed by atoms with van der Waals surface area (Å²) >= 11 is 0. The van der Waals surface area contributed by atoms with Gasteiger partial charge in [-0.15, -0.1) is 0 Å². The van der Waals surface area contributed by atoms with E-state index in [0.29, 0.717) is 22.7 Å². The number of halogens is 2. The number of benzene rings is 1. The summed E-state index contributed by atoms with van der Waals surface area (Å²) in [4.78, 5) is 22.9. The maximum atomic E-state index is 14.7. The zero-order valence-corrected chi connectivity index (χ0v) is 16.8. The van der Waals surface area contributed by atoms with E-state index in [4.69, 9.17) is 0 Å². The molecule has 8 heteroatoms. The van der Waals surface area contributed by atoms with Gasteiger partial charge < -0.3 is 4.90 Å². The van der Waals surface area contributed by atoms with E-state index in [0.717, 1.165) is 17.5 Å². The minimum absolute atomic E-state index is 0.193. The molecule has 1 unspecified atom stereocenters. The van der Waals surface area contributed by atoms with Gasteiger partial charge in [0, 0.05) is 30.1 Å². The molecule has 1 aliphatic carbocycles. The summed E-state index contributed by atoms with van der Waals surface area (Å²) in [5, 5.41) is 4.15. The lowest BCUT2D eigenvalue weighted by Crippen LogP contribution is -2.49. The lowest BCUT2D eigenvalue weighted by Gasteiger charge is -2.37. The zero-order chi connectivity index (χ0) is 21.0. The van der Waals surface area contributed by atoms with Gasteiger partial charge in [-0.1, -0.05) is 12.1 Å². The summed E-state index contributed by atoms with van der Waals surface area (Å²) in [5.41, 5.74) is 4.85. The summed E-state index contributed by atoms with van der Waals surface area (Å²) in [7, 11) is 0. The number of aryl methyl sites for hydroxylation is 2. The second kappa shape index (κ2) is 6.68. The molecule has 0 saturated carbocycles. The number of alkyl halides is 2. The van der Waals surface area contributed by atoms with Crippen LogP contribution in [0.4, 0.5) is 8.78 Å². The predicted molar refractivity (Wildman–Crippen MR) is 108 cm³/mol. The summed E-state index contributed by atoms with van der Waals surface area (Å²) in [6.45, 7) is 3.32. The number of amides is 1. The van der Waals surface area contributed by atoms with Gasteiger partial charge in [0.1, 0.15) is 6.33 Å². The van der Waals surface area contributed by atoms with Crippen LogP contribution < -0.4 is 0 Å². The van der Waals surface area contributed by atoms with Crippen LogP contribution >= 0.6 is 0 Å². The lowest BCUT2D eigenvalue weighted by atomic mass is 9.91. The van der Waals surface area contributed by atoms with Gasteiger partial charge in [0.2, 0.25) is 0 Å². The molecular formula is C22H21F2N5O. The van der Waals surface area contributed by atoms with E-state index >= 15 is 0 Å². The first-order chi connectivity index (χ1) is 14.3. The van der Waals surface area contributed by atoms with Crippen molar-refractivity contribution >= 4 is 17.3 Å². The Hall–Kier alpha value is -3.16. The van der Waals surface area contributed by atoms with Gasteiger partial charge in [-0.2, -0.15) is 10.1 Å². The second-order valence-corrected chi connectivity index (χ2v) is 8.26. The molecule has 1 aliphatic heterocycles. The van der Waals surface area contributed by atoms with E-state index in [1.165, 1.54) is 21.3 Å². The number of carbonyl (C=O) groups is 1. The zero-order valence-electron chi connectivity index (χ0n) is 16.8. The Balaban J connectivity index is 1.50. The molecule has 154 valence electrons. The summed E-state index contributed by atoms with van der Waals surface area (Å²) < 4.78 is 30.9. The topological polar surface area (TPSA) is 63.4 Å². The van der Waals surface area contributed by atoms with Crippen molar-refractivity contribution in [1.29, 1.82) is 0 Å². The Morgan fingerprint density at radius 3 is 2.77 bits per heavy atom. The minimum atomic E-state index is -2.99. The van der Waals surface area contributed by atoms with Crippen LogP contribution in [0.5, 0.6) is 0 Å². The first-order valence-electron chi connectivity index (χ1n) is 9.94. The first kappa shape index (κ1) is 18.8. The lowest BCUT2D eigenvalue weighted by molar-refractivity contribution is -0.0641. The number of rotatable bonds is 3. The van der Waals surface area contributed by atoms with Gasteiger partial charge in [0.05, 0.1) is 12.2 Å². The van der Waals surface area contributed by atoms with Crippen molar-refractivity contribution in [2.24, 2.45) is 0 Å². The Morgan fingerprint density at radius 1 is 1.20 bits per heavy atom. The largest absolute Gasteiger partial charge is 0.332 e. The summed E-state index contributed by atoms with van der Waals surface area (Å²) in [6, 6.07) is 7.34. The quantitative estimate of drug-likeness (QED) is 0.660. The third kappa shape index (κ3) is 3.46. The normalized spacial score (nSPS) is 20.3. The highest BCUT2D eigenvalue weighted by molar-refractivity contribution is 5.96. The molecule has 1 atom stereocenters. The molecular weight excluding hydrogens is 388 g/mol. The molecule has 3 heterocycles. The van der Waals surface area contributed by atoms with Crippen LogP contribution in [-0.4, -0.2) is 49.4 Å². The molecule has 0 radical (unpaired) electrons. The SMILES string of the molecule is Cc1cc(C(=O)N2CC(c3cc(C)nc4ncnn34)CC(F)(F)C2)cc(C2=CC2)c1. The summed E-state index contributed by atoms with van der Waals surface area (Å²) in [6.07, 6.45) is 4.01. The number of aromatic nitrogens is 4. The van der Waals surface area contributed by atoms with Gasteiger partial charge in [0.15, 0.2) is 0 Å². The maximum absolute atomic E-state index is 14.7. The van der Waals surface area contributed by atoms with E-state index in [2.05, 4.69) is 21.1 Å². The molecule has 5 rings (SSSR count). The number of fused-ring (bicyclic) bond motifs is 1. The van der Waals surface area contributed by atoms with E-state index in [1.54, 1.807) is 19.1 Å². The molecule has 6 nitrogen and oxygen atoms in total. The fourth-order valence-corrected chi connectivity index (χ4v) is 4.26. The monoisotopic (exact) mass is 409 g/mol. The number of hydrogen-bond donors (Lipinski definition) is 0. The molecule has 3 aromatic rings. The van der Waals surface area contributed by atoms with Crippen LogP contribution in [0.1, 0.15) is 51.6 Å². The van der Waals surface area contributed by atoms with Crippen molar-refractivity contribution in [3.8, 4) is 0 Å². The van der Waals surface area contributed by atoms with Crippen LogP contribution in [0, 0.1) is 13.8 Å². The van der Waals surface area contributed by atoms with Gasteiger partial charge in [0.25, 0.3) is 17.6 Å². The summed E-state index contributed by atoms with van der Waals surface area (Å²) in [5.74, 6) is -3.56. The van der Waals surface area contributed by atoms with Gasteiger partial charge in [-0.25, -0.2) is 18.3 Å². The van der Waals surface area contributed by atoms with Gasteiger partial charge >= 0.3 is 0 Å². The molecule has 1 aromatic carbocycles. The van der Waals surface area contributed by atoms with E-state index in [9.17, 15) is 13.6 Å². The molecule has 0 bridgehead atoms. The van der Waals surface area contributed by atoms with Crippen molar-refractivity contribution in [3.05, 3.63) is 64.7 Å². The van der Waals surface area contributed by atoms with Crippen molar-refractivity contribution in [1.82, 2.24) is 24.5 Å². The Kier molecular flexibility index (Phi) is 4.20. The highest BCUT2D eigenvalue weighted by Crippen LogP contribution is 2.37. The molecule has 1 fully saturated rings. The van der Waals surface area contributed by atoms with E-state index in [1.807, 2.05) is 19.1 Å². The van der Waals surface area contributed by atoms with Crippen molar-refractivity contribution in [2.45, 2.75) is 38.5 Å². The van der Waals surface area contributed by atoms with Crippen molar-refractivity contribution in [2.75, 3.05) is 13.1 Å². The number of piperidine rings is 1. The van der Waals surface area contributed by atoms with Crippen LogP contribution in [0.25, 0.3) is 11.4 Å². The third-order valence-electron chi connectivity index (χ3n) is 5.62. The first-order valence-corrected chi connectivity index (χ1v) is 9.94. The average molecular weight is 409 g/mol.